The van der Waals surface area contributed by atoms with E-state index in [4.69, 9.17) is 0 Å². The lowest BCUT2D eigenvalue weighted by Crippen LogP contribution is -2.30. The minimum atomic E-state index is -0.428. The van der Waals surface area contributed by atoms with Crippen LogP contribution in [0.15, 0.2) is 0 Å². The number of nitro groups is 2. The molecule has 0 aromatic carbocycles. The molecule has 6 nitrogen and oxygen atoms in total. The molecule has 1 aliphatic rings. The van der Waals surface area contributed by atoms with Gasteiger partial charge in [-0.25, -0.2) is 0 Å². The maximum Gasteiger partial charge on any atom is 0.213 e. The first-order chi connectivity index (χ1) is 7.09. The van der Waals surface area contributed by atoms with Crippen LogP contribution in [0.2, 0.25) is 0 Å². The molecule has 0 aromatic rings. The summed E-state index contributed by atoms with van der Waals surface area (Å²) in [6.07, 6.45) is 5.08. The van der Waals surface area contributed by atoms with Gasteiger partial charge in [-0.2, -0.15) is 0 Å². The zero-order chi connectivity index (χ0) is 11.3. The van der Waals surface area contributed by atoms with E-state index < -0.39 is 9.85 Å². The van der Waals surface area contributed by atoms with E-state index in [9.17, 15) is 20.2 Å². The minimum Gasteiger partial charge on any atom is -0.265 e. The van der Waals surface area contributed by atoms with Gasteiger partial charge in [-0.15, -0.1) is 0 Å². The Balaban J connectivity index is 2.52. The standard InChI is InChI=1S/C9H16N2O4/c12-10(13)6-9(7-11(14)15)8-4-2-1-3-5-8/h8-9H,1-7H2. The van der Waals surface area contributed by atoms with Gasteiger partial charge in [0.2, 0.25) is 13.1 Å². The zero-order valence-electron chi connectivity index (χ0n) is 8.63. The number of rotatable bonds is 5. The number of hydrogen-bond donors (Lipinski definition) is 0. The Morgan fingerprint density at radius 2 is 1.47 bits per heavy atom. The lowest BCUT2D eigenvalue weighted by atomic mass is 9.80. The van der Waals surface area contributed by atoms with Gasteiger partial charge in [-0.3, -0.25) is 20.2 Å². The molecule has 1 saturated carbocycles. The second-order valence-electron chi connectivity index (χ2n) is 4.19. The van der Waals surface area contributed by atoms with Crippen molar-refractivity contribution in [3.8, 4) is 0 Å². The summed E-state index contributed by atoms with van der Waals surface area (Å²) in [5.41, 5.74) is 0. The van der Waals surface area contributed by atoms with E-state index in [1.54, 1.807) is 0 Å². The Kier molecular flexibility index (Phi) is 4.45. The Labute approximate surface area is 88.0 Å². The lowest BCUT2D eigenvalue weighted by molar-refractivity contribution is -0.527. The summed E-state index contributed by atoms with van der Waals surface area (Å²) < 4.78 is 0. The van der Waals surface area contributed by atoms with Gasteiger partial charge in [-0.1, -0.05) is 19.3 Å². The van der Waals surface area contributed by atoms with E-state index in [-0.39, 0.29) is 24.9 Å². The Bertz CT molecular complexity index is 222. The highest BCUT2D eigenvalue weighted by Crippen LogP contribution is 2.30. The molecule has 0 bridgehead atoms. The summed E-state index contributed by atoms with van der Waals surface area (Å²) in [4.78, 5) is 20.0. The van der Waals surface area contributed by atoms with Crippen LogP contribution >= 0.6 is 0 Å². The van der Waals surface area contributed by atoms with E-state index in [0.29, 0.717) is 0 Å². The Morgan fingerprint density at radius 3 is 1.87 bits per heavy atom. The molecule has 0 amide bonds. The molecule has 0 aromatic heterocycles. The molecule has 0 aliphatic heterocycles. The molecule has 1 fully saturated rings. The Morgan fingerprint density at radius 1 is 1.00 bits per heavy atom. The van der Waals surface area contributed by atoms with Crippen molar-refractivity contribution in [2.24, 2.45) is 11.8 Å². The average Bonchev–Trinajstić information content (AvgIpc) is 2.17. The molecule has 1 aliphatic carbocycles. The van der Waals surface area contributed by atoms with Crippen LogP contribution in [-0.2, 0) is 0 Å². The highest BCUT2D eigenvalue weighted by Gasteiger charge is 2.31. The van der Waals surface area contributed by atoms with Gasteiger partial charge in [0, 0.05) is 9.85 Å². The molecule has 0 radical (unpaired) electrons. The summed E-state index contributed by atoms with van der Waals surface area (Å²) in [5, 5.41) is 20.8. The van der Waals surface area contributed by atoms with Gasteiger partial charge < -0.3 is 0 Å². The molecule has 1 rings (SSSR count). The van der Waals surface area contributed by atoms with Gasteiger partial charge in [-0.05, 0) is 18.8 Å². The second kappa shape index (κ2) is 5.63. The fourth-order valence-corrected chi connectivity index (χ4v) is 2.34. The fraction of sp³-hybridized carbons (Fsp3) is 1.00. The fourth-order valence-electron chi connectivity index (χ4n) is 2.34. The van der Waals surface area contributed by atoms with E-state index in [1.165, 1.54) is 0 Å². The minimum absolute atomic E-state index is 0.176. The SMILES string of the molecule is O=[N+]([O-])CC(C[N+](=O)[O-])C1CCCCC1. The van der Waals surface area contributed by atoms with Crippen LogP contribution in [0.25, 0.3) is 0 Å². The van der Waals surface area contributed by atoms with E-state index in [2.05, 4.69) is 0 Å². The summed E-state index contributed by atoms with van der Waals surface area (Å²) >= 11 is 0. The van der Waals surface area contributed by atoms with Crippen molar-refractivity contribution >= 4 is 0 Å². The summed E-state index contributed by atoms with van der Waals surface area (Å²) in [7, 11) is 0. The van der Waals surface area contributed by atoms with Gasteiger partial charge in [0.25, 0.3) is 0 Å². The predicted octanol–water partition coefficient (Wildman–Crippen LogP) is 1.74. The van der Waals surface area contributed by atoms with Crippen molar-refractivity contribution in [3.05, 3.63) is 20.2 Å². The van der Waals surface area contributed by atoms with E-state index in [0.717, 1.165) is 32.1 Å². The smallest absolute Gasteiger partial charge is 0.213 e. The molecule has 0 heterocycles. The van der Waals surface area contributed by atoms with Crippen molar-refractivity contribution in [2.75, 3.05) is 13.1 Å². The molecule has 0 unspecified atom stereocenters. The predicted molar refractivity (Wildman–Crippen MR) is 53.8 cm³/mol. The Hall–Kier alpha value is -1.20. The van der Waals surface area contributed by atoms with E-state index >= 15 is 0 Å². The van der Waals surface area contributed by atoms with Crippen molar-refractivity contribution < 1.29 is 9.85 Å². The normalized spacial score (nSPS) is 17.9. The average molecular weight is 216 g/mol. The van der Waals surface area contributed by atoms with Crippen LogP contribution in [0.1, 0.15) is 32.1 Å². The molecule has 6 heteroatoms. The third-order valence-corrected chi connectivity index (χ3v) is 3.08. The molecule has 0 N–H and O–H groups in total. The van der Waals surface area contributed by atoms with Crippen molar-refractivity contribution in [1.29, 1.82) is 0 Å². The molecular weight excluding hydrogens is 200 g/mol. The molecule has 15 heavy (non-hydrogen) atoms. The van der Waals surface area contributed by atoms with Crippen molar-refractivity contribution in [3.63, 3.8) is 0 Å². The molecular formula is C9H16N2O4. The first-order valence-corrected chi connectivity index (χ1v) is 5.33. The highest BCUT2D eigenvalue weighted by atomic mass is 16.6. The molecule has 0 atom stereocenters. The van der Waals surface area contributed by atoms with E-state index in [1.807, 2.05) is 0 Å². The quantitative estimate of drug-likeness (QED) is 0.517. The van der Waals surface area contributed by atoms with Crippen molar-refractivity contribution in [1.82, 2.24) is 0 Å². The topological polar surface area (TPSA) is 86.3 Å². The van der Waals surface area contributed by atoms with Crippen LogP contribution in [0.5, 0.6) is 0 Å². The van der Waals surface area contributed by atoms with Crippen molar-refractivity contribution in [2.45, 2.75) is 32.1 Å². The zero-order valence-corrected chi connectivity index (χ0v) is 8.63. The van der Waals surface area contributed by atoms with Crippen LogP contribution in [-0.4, -0.2) is 22.9 Å². The van der Waals surface area contributed by atoms with Gasteiger partial charge in [0.15, 0.2) is 0 Å². The second-order valence-corrected chi connectivity index (χ2v) is 4.19. The van der Waals surface area contributed by atoms with Crippen LogP contribution < -0.4 is 0 Å². The number of nitrogens with zero attached hydrogens (tertiary/aromatic N) is 2. The first-order valence-electron chi connectivity index (χ1n) is 5.33. The molecule has 0 spiro atoms. The van der Waals surface area contributed by atoms with Gasteiger partial charge in [0.05, 0.1) is 5.92 Å². The van der Waals surface area contributed by atoms with Crippen LogP contribution in [0.3, 0.4) is 0 Å². The molecule has 86 valence electrons. The summed E-state index contributed by atoms with van der Waals surface area (Å²) in [5.74, 6) is -0.204. The maximum atomic E-state index is 10.4. The van der Waals surface area contributed by atoms with Crippen LogP contribution in [0, 0.1) is 32.1 Å². The van der Waals surface area contributed by atoms with Gasteiger partial charge >= 0.3 is 0 Å². The largest absolute Gasteiger partial charge is 0.265 e. The highest BCUT2D eigenvalue weighted by molar-refractivity contribution is 4.73. The van der Waals surface area contributed by atoms with Crippen LogP contribution in [0.4, 0.5) is 0 Å². The third-order valence-electron chi connectivity index (χ3n) is 3.08. The maximum absolute atomic E-state index is 10.4. The number of hydrogen-bond acceptors (Lipinski definition) is 4. The lowest BCUT2D eigenvalue weighted by Gasteiger charge is -2.25. The monoisotopic (exact) mass is 216 g/mol. The summed E-state index contributed by atoms with van der Waals surface area (Å²) in [6.45, 7) is -0.517. The summed E-state index contributed by atoms with van der Waals surface area (Å²) in [6, 6.07) is 0. The first kappa shape index (κ1) is 11.9. The van der Waals surface area contributed by atoms with Gasteiger partial charge in [0.1, 0.15) is 0 Å². The third kappa shape index (κ3) is 4.22. The molecule has 0 saturated heterocycles.